The van der Waals surface area contributed by atoms with Crippen LogP contribution in [-0.4, -0.2) is 52.7 Å². The smallest absolute Gasteiger partial charge is 0.269 e. The number of nitrogens with zero attached hydrogens (tertiary/aromatic N) is 3. The van der Waals surface area contributed by atoms with Crippen LogP contribution in [0.15, 0.2) is 24.3 Å². The highest BCUT2D eigenvalue weighted by molar-refractivity contribution is 5.97. The predicted octanol–water partition coefficient (Wildman–Crippen LogP) is 0.899. The highest BCUT2D eigenvalue weighted by atomic mass is 16.6. The number of hydrogen-bond donors (Lipinski definition) is 0. The van der Waals surface area contributed by atoms with Crippen LogP contribution in [0.4, 0.5) is 5.69 Å². The van der Waals surface area contributed by atoms with Crippen molar-refractivity contribution in [1.82, 2.24) is 9.80 Å². The maximum Gasteiger partial charge on any atom is 0.269 e. The van der Waals surface area contributed by atoms with Gasteiger partial charge in [-0.25, -0.2) is 0 Å². The monoisotopic (exact) mass is 277 g/mol. The Bertz CT molecular complexity index is 541. The molecule has 1 saturated heterocycles. The Morgan fingerprint density at radius 1 is 1.30 bits per heavy atom. The van der Waals surface area contributed by atoms with Crippen LogP contribution in [0.25, 0.3) is 0 Å². The van der Waals surface area contributed by atoms with Crippen molar-refractivity contribution in [2.24, 2.45) is 0 Å². The van der Waals surface area contributed by atoms with Crippen molar-refractivity contribution < 1.29 is 14.5 Å². The molecule has 0 bridgehead atoms. The molecule has 7 heteroatoms. The minimum Gasteiger partial charge on any atom is -0.340 e. The van der Waals surface area contributed by atoms with Gasteiger partial charge in [0.15, 0.2) is 0 Å². The van der Waals surface area contributed by atoms with E-state index in [1.165, 1.54) is 29.2 Å². The zero-order chi connectivity index (χ0) is 14.7. The highest BCUT2D eigenvalue weighted by Crippen LogP contribution is 2.14. The van der Waals surface area contributed by atoms with Crippen molar-refractivity contribution >= 4 is 17.5 Å². The number of benzene rings is 1. The van der Waals surface area contributed by atoms with Gasteiger partial charge in [0.2, 0.25) is 5.91 Å². The lowest BCUT2D eigenvalue weighted by molar-refractivity contribution is -0.384. The number of amides is 2. The Labute approximate surface area is 115 Å². The molecular formula is C13H15N3O4. The lowest BCUT2D eigenvalue weighted by Gasteiger charge is -2.33. The third kappa shape index (κ3) is 2.76. The van der Waals surface area contributed by atoms with Gasteiger partial charge in [0.05, 0.1) is 4.92 Å². The molecule has 0 aromatic heterocycles. The van der Waals surface area contributed by atoms with Crippen molar-refractivity contribution in [3.05, 3.63) is 39.9 Å². The molecule has 0 spiro atoms. The lowest BCUT2D eigenvalue weighted by Crippen LogP contribution is -2.52. The van der Waals surface area contributed by atoms with E-state index >= 15 is 0 Å². The van der Waals surface area contributed by atoms with Gasteiger partial charge in [0.1, 0.15) is 6.54 Å². The van der Waals surface area contributed by atoms with E-state index in [0.29, 0.717) is 25.2 Å². The number of likely N-dealkylation sites (N-methyl/N-ethyl adjacent to an activating group) is 1. The highest BCUT2D eigenvalue weighted by Gasteiger charge is 2.26. The van der Waals surface area contributed by atoms with Gasteiger partial charge >= 0.3 is 0 Å². The van der Waals surface area contributed by atoms with E-state index in [1.54, 1.807) is 4.90 Å². The summed E-state index contributed by atoms with van der Waals surface area (Å²) in [6, 6.07) is 5.41. The standard InChI is InChI=1S/C13H15N3O4/c1-2-14-7-8-15(9-12(14)17)13(18)10-3-5-11(6-4-10)16(19)20/h3-6H,2,7-9H2,1H3. The second kappa shape index (κ2) is 5.68. The maximum atomic E-state index is 12.2. The molecule has 0 saturated carbocycles. The second-order valence-electron chi connectivity index (χ2n) is 4.50. The molecule has 0 atom stereocenters. The molecular weight excluding hydrogens is 262 g/mol. The molecule has 0 radical (unpaired) electrons. The van der Waals surface area contributed by atoms with Crippen LogP contribution < -0.4 is 0 Å². The van der Waals surface area contributed by atoms with Gasteiger partial charge < -0.3 is 9.80 Å². The molecule has 2 rings (SSSR count). The summed E-state index contributed by atoms with van der Waals surface area (Å²) in [5.41, 5.74) is 0.293. The van der Waals surface area contributed by atoms with E-state index in [0.717, 1.165) is 0 Å². The Kier molecular flexibility index (Phi) is 3.97. The summed E-state index contributed by atoms with van der Waals surface area (Å²) in [6.45, 7) is 3.59. The third-order valence-corrected chi connectivity index (χ3v) is 3.31. The molecule has 1 aromatic rings. The van der Waals surface area contributed by atoms with Crippen molar-refractivity contribution in [3.63, 3.8) is 0 Å². The Balaban J connectivity index is 2.08. The number of piperazine rings is 1. The summed E-state index contributed by atoms with van der Waals surface area (Å²) < 4.78 is 0. The number of nitro benzene ring substituents is 1. The molecule has 0 unspecified atom stereocenters. The van der Waals surface area contributed by atoms with Crippen molar-refractivity contribution in [2.45, 2.75) is 6.92 Å². The SMILES string of the molecule is CCN1CCN(C(=O)c2ccc([N+](=O)[O-])cc2)CC1=O. The minimum absolute atomic E-state index is 0.0592. The average molecular weight is 277 g/mol. The summed E-state index contributed by atoms with van der Waals surface area (Å²) >= 11 is 0. The van der Waals surface area contributed by atoms with Crippen LogP contribution >= 0.6 is 0 Å². The zero-order valence-electron chi connectivity index (χ0n) is 11.1. The fraction of sp³-hybridized carbons (Fsp3) is 0.385. The quantitative estimate of drug-likeness (QED) is 0.607. The van der Waals surface area contributed by atoms with E-state index in [4.69, 9.17) is 0 Å². The molecule has 1 fully saturated rings. The van der Waals surface area contributed by atoms with E-state index in [1.807, 2.05) is 6.92 Å². The molecule has 0 N–H and O–H groups in total. The molecule has 1 aliphatic heterocycles. The first kappa shape index (κ1) is 14.0. The van der Waals surface area contributed by atoms with Gasteiger partial charge in [-0.05, 0) is 19.1 Å². The molecule has 1 heterocycles. The fourth-order valence-corrected chi connectivity index (χ4v) is 2.12. The molecule has 20 heavy (non-hydrogen) atoms. The topological polar surface area (TPSA) is 83.8 Å². The fourth-order valence-electron chi connectivity index (χ4n) is 2.12. The second-order valence-corrected chi connectivity index (χ2v) is 4.50. The molecule has 1 aliphatic rings. The van der Waals surface area contributed by atoms with Crippen molar-refractivity contribution in [2.75, 3.05) is 26.2 Å². The van der Waals surface area contributed by atoms with Gasteiger partial charge in [0, 0.05) is 37.3 Å². The number of nitro groups is 1. The summed E-state index contributed by atoms with van der Waals surface area (Å²) in [5.74, 6) is -0.349. The Morgan fingerprint density at radius 3 is 2.45 bits per heavy atom. The van der Waals surface area contributed by atoms with Gasteiger partial charge in [0.25, 0.3) is 11.6 Å². The van der Waals surface area contributed by atoms with Crippen molar-refractivity contribution in [1.29, 1.82) is 0 Å². The van der Waals surface area contributed by atoms with Crippen LogP contribution in [0.2, 0.25) is 0 Å². The van der Waals surface area contributed by atoms with Gasteiger partial charge in [-0.1, -0.05) is 0 Å². The normalized spacial score (nSPS) is 15.3. The first-order valence-corrected chi connectivity index (χ1v) is 6.34. The predicted molar refractivity (Wildman–Crippen MR) is 71.3 cm³/mol. The number of carbonyl (C=O) groups is 2. The molecule has 2 amide bonds. The van der Waals surface area contributed by atoms with Crippen molar-refractivity contribution in [3.8, 4) is 0 Å². The van der Waals surface area contributed by atoms with Crippen LogP contribution in [-0.2, 0) is 4.79 Å². The summed E-state index contributed by atoms with van der Waals surface area (Å²) in [7, 11) is 0. The first-order chi connectivity index (χ1) is 9.52. The summed E-state index contributed by atoms with van der Waals surface area (Å²) in [5, 5.41) is 10.6. The first-order valence-electron chi connectivity index (χ1n) is 6.34. The third-order valence-electron chi connectivity index (χ3n) is 3.31. The largest absolute Gasteiger partial charge is 0.340 e. The van der Waals surface area contributed by atoms with Crippen LogP contribution in [0.5, 0.6) is 0 Å². The molecule has 106 valence electrons. The maximum absolute atomic E-state index is 12.2. The number of non-ortho nitro benzene ring substituents is 1. The van der Waals surface area contributed by atoms with E-state index in [9.17, 15) is 19.7 Å². The van der Waals surface area contributed by atoms with Gasteiger partial charge in [-0.2, -0.15) is 0 Å². The Morgan fingerprint density at radius 2 is 1.95 bits per heavy atom. The number of carbonyl (C=O) groups excluding carboxylic acids is 2. The zero-order valence-corrected chi connectivity index (χ0v) is 11.1. The van der Waals surface area contributed by atoms with Crippen LogP contribution in [0.3, 0.4) is 0 Å². The number of rotatable bonds is 3. The Hall–Kier alpha value is -2.44. The van der Waals surface area contributed by atoms with Gasteiger partial charge in [-0.3, -0.25) is 19.7 Å². The molecule has 0 aliphatic carbocycles. The molecule has 1 aromatic carbocycles. The van der Waals surface area contributed by atoms with E-state index < -0.39 is 4.92 Å². The van der Waals surface area contributed by atoms with Crippen LogP contribution in [0.1, 0.15) is 17.3 Å². The number of hydrogen-bond acceptors (Lipinski definition) is 4. The minimum atomic E-state index is -0.516. The van der Waals surface area contributed by atoms with E-state index in [-0.39, 0.29) is 24.0 Å². The van der Waals surface area contributed by atoms with Gasteiger partial charge in [-0.15, -0.1) is 0 Å². The average Bonchev–Trinajstić information content (AvgIpc) is 2.46. The van der Waals surface area contributed by atoms with E-state index in [2.05, 4.69) is 0 Å². The van der Waals surface area contributed by atoms with Crippen LogP contribution in [0, 0.1) is 10.1 Å². The summed E-state index contributed by atoms with van der Waals surface area (Å²) in [6.07, 6.45) is 0. The molecule has 7 nitrogen and oxygen atoms in total. The summed E-state index contributed by atoms with van der Waals surface area (Å²) in [4.78, 5) is 37.2. The lowest BCUT2D eigenvalue weighted by atomic mass is 10.1.